The largest absolute Gasteiger partial charge is 0.496 e. The van der Waals surface area contributed by atoms with Crippen molar-refractivity contribution >= 4 is 5.78 Å². The van der Waals surface area contributed by atoms with Crippen molar-refractivity contribution in [3.05, 3.63) is 101 Å². The Labute approximate surface area is 140 Å². The number of aliphatic hydroxyl groups is 1. The van der Waals surface area contributed by atoms with Crippen LogP contribution in [-0.2, 0) is 5.60 Å². The maximum Gasteiger partial charge on any atom is 0.197 e. The van der Waals surface area contributed by atoms with Crippen molar-refractivity contribution in [1.82, 2.24) is 0 Å². The summed E-state index contributed by atoms with van der Waals surface area (Å²) in [5, 5.41) is 11.8. The molecule has 4 rings (SSSR count). The predicted octanol–water partition coefficient (Wildman–Crippen LogP) is 3.52. The Balaban J connectivity index is 2.13. The molecule has 1 atom stereocenters. The van der Waals surface area contributed by atoms with Crippen LogP contribution in [0.2, 0.25) is 0 Å². The van der Waals surface area contributed by atoms with Gasteiger partial charge in [-0.05, 0) is 11.6 Å². The summed E-state index contributed by atoms with van der Waals surface area (Å²) < 4.78 is 5.40. The van der Waals surface area contributed by atoms with Crippen molar-refractivity contribution in [3.63, 3.8) is 0 Å². The number of ketones is 1. The highest BCUT2D eigenvalue weighted by Gasteiger charge is 2.44. The molecule has 0 bridgehead atoms. The van der Waals surface area contributed by atoms with Crippen LogP contribution in [0.1, 0.15) is 32.6 Å². The van der Waals surface area contributed by atoms with Crippen molar-refractivity contribution in [2.75, 3.05) is 7.11 Å². The molecule has 1 aliphatic carbocycles. The Morgan fingerprint density at radius 2 is 1.50 bits per heavy atom. The molecule has 0 saturated heterocycles. The normalized spacial score (nSPS) is 18.7. The van der Waals surface area contributed by atoms with Crippen molar-refractivity contribution in [2.45, 2.75) is 5.60 Å². The van der Waals surface area contributed by atoms with Gasteiger partial charge in [0.2, 0.25) is 0 Å². The predicted molar refractivity (Wildman–Crippen MR) is 91.4 cm³/mol. The lowest BCUT2D eigenvalue weighted by atomic mass is 9.70. The van der Waals surface area contributed by atoms with E-state index < -0.39 is 5.60 Å². The van der Waals surface area contributed by atoms with E-state index in [9.17, 15) is 9.90 Å². The van der Waals surface area contributed by atoms with Crippen LogP contribution < -0.4 is 4.74 Å². The number of carbonyl (C=O) groups is 1. The molecule has 0 radical (unpaired) electrons. The fourth-order valence-corrected chi connectivity index (χ4v) is 3.50. The van der Waals surface area contributed by atoms with Crippen molar-refractivity contribution < 1.29 is 14.6 Å². The van der Waals surface area contributed by atoms with E-state index in [4.69, 9.17) is 4.74 Å². The van der Waals surface area contributed by atoms with E-state index in [2.05, 4.69) is 0 Å². The second-order valence-corrected chi connectivity index (χ2v) is 5.83. The lowest BCUT2D eigenvalue weighted by Gasteiger charge is -2.36. The van der Waals surface area contributed by atoms with Crippen LogP contribution in [0.4, 0.5) is 0 Å². The Kier molecular flexibility index (Phi) is 3.25. The summed E-state index contributed by atoms with van der Waals surface area (Å²) in [6, 6.07) is 21.9. The third-order valence-electron chi connectivity index (χ3n) is 4.62. The molecule has 0 amide bonds. The van der Waals surface area contributed by atoms with Gasteiger partial charge in [-0.1, -0.05) is 66.7 Å². The van der Waals surface area contributed by atoms with Gasteiger partial charge in [0.15, 0.2) is 5.78 Å². The summed E-state index contributed by atoms with van der Waals surface area (Å²) >= 11 is 0. The first-order valence-corrected chi connectivity index (χ1v) is 7.77. The summed E-state index contributed by atoms with van der Waals surface area (Å²) in [6.07, 6.45) is 0. The van der Waals surface area contributed by atoms with Gasteiger partial charge < -0.3 is 9.84 Å². The van der Waals surface area contributed by atoms with E-state index in [1.807, 2.05) is 48.5 Å². The van der Waals surface area contributed by atoms with Gasteiger partial charge in [0, 0.05) is 16.7 Å². The van der Waals surface area contributed by atoms with Gasteiger partial charge in [-0.25, -0.2) is 0 Å². The van der Waals surface area contributed by atoms with E-state index in [-0.39, 0.29) is 5.78 Å². The first kappa shape index (κ1) is 14.7. The smallest absolute Gasteiger partial charge is 0.197 e. The SMILES string of the molecule is COc1cccc2c1C(=O)c1ccccc1C2(O)c1ccccc1. The zero-order valence-electron chi connectivity index (χ0n) is 13.2. The molecule has 3 aromatic carbocycles. The van der Waals surface area contributed by atoms with Crippen LogP contribution in [0.25, 0.3) is 0 Å². The van der Waals surface area contributed by atoms with E-state index >= 15 is 0 Å². The van der Waals surface area contributed by atoms with E-state index in [0.29, 0.717) is 28.0 Å². The standard InChI is InChI=1S/C21H16O3/c1-24-18-13-7-12-17-19(18)20(22)15-10-5-6-11-16(15)21(17,23)14-8-3-2-4-9-14/h2-13,23H,1H3. The van der Waals surface area contributed by atoms with Crippen LogP contribution in [0.15, 0.2) is 72.8 Å². The molecule has 3 heteroatoms. The van der Waals surface area contributed by atoms with E-state index in [1.165, 1.54) is 7.11 Å². The Morgan fingerprint density at radius 3 is 2.25 bits per heavy atom. The van der Waals surface area contributed by atoms with Crippen LogP contribution >= 0.6 is 0 Å². The van der Waals surface area contributed by atoms with Crippen LogP contribution in [0.5, 0.6) is 5.75 Å². The average molecular weight is 316 g/mol. The molecule has 0 aromatic heterocycles. The molecule has 0 heterocycles. The van der Waals surface area contributed by atoms with Crippen molar-refractivity contribution in [2.24, 2.45) is 0 Å². The minimum absolute atomic E-state index is 0.126. The van der Waals surface area contributed by atoms with Crippen LogP contribution in [0, 0.1) is 0 Å². The minimum Gasteiger partial charge on any atom is -0.496 e. The zero-order chi connectivity index (χ0) is 16.7. The fourth-order valence-electron chi connectivity index (χ4n) is 3.50. The van der Waals surface area contributed by atoms with Gasteiger partial charge >= 0.3 is 0 Å². The van der Waals surface area contributed by atoms with Gasteiger partial charge in [-0.15, -0.1) is 0 Å². The number of carbonyl (C=O) groups excluding carboxylic acids is 1. The lowest BCUT2D eigenvalue weighted by Crippen LogP contribution is -2.36. The Bertz CT molecular complexity index is 931. The molecule has 3 nitrogen and oxygen atoms in total. The monoisotopic (exact) mass is 316 g/mol. The van der Waals surface area contributed by atoms with Crippen LogP contribution in [0.3, 0.4) is 0 Å². The Morgan fingerprint density at radius 1 is 0.833 bits per heavy atom. The van der Waals surface area contributed by atoms with Gasteiger partial charge in [0.1, 0.15) is 11.4 Å². The third kappa shape index (κ3) is 1.85. The second kappa shape index (κ2) is 5.32. The lowest BCUT2D eigenvalue weighted by molar-refractivity contribution is 0.0944. The molecule has 3 aromatic rings. The van der Waals surface area contributed by atoms with Crippen molar-refractivity contribution in [3.8, 4) is 5.75 Å². The fraction of sp³-hybridized carbons (Fsp3) is 0.0952. The van der Waals surface area contributed by atoms with Gasteiger partial charge in [-0.2, -0.15) is 0 Å². The number of benzene rings is 3. The zero-order valence-corrected chi connectivity index (χ0v) is 13.2. The quantitative estimate of drug-likeness (QED) is 0.787. The summed E-state index contributed by atoms with van der Waals surface area (Å²) in [5.41, 5.74) is 1.40. The molecule has 0 spiro atoms. The second-order valence-electron chi connectivity index (χ2n) is 5.83. The van der Waals surface area contributed by atoms with Gasteiger partial charge in [0.25, 0.3) is 0 Å². The minimum atomic E-state index is -1.39. The number of hydrogen-bond donors (Lipinski definition) is 1. The first-order chi connectivity index (χ1) is 11.7. The first-order valence-electron chi connectivity index (χ1n) is 7.77. The topological polar surface area (TPSA) is 46.5 Å². The summed E-state index contributed by atoms with van der Waals surface area (Å²) in [6.45, 7) is 0. The van der Waals surface area contributed by atoms with Gasteiger partial charge in [0.05, 0.1) is 12.7 Å². The number of ether oxygens (including phenoxy) is 1. The molecule has 24 heavy (non-hydrogen) atoms. The number of rotatable bonds is 2. The third-order valence-corrected chi connectivity index (χ3v) is 4.62. The molecule has 1 aliphatic rings. The highest BCUT2D eigenvalue weighted by molar-refractivity contribution is 6.15. The molecule has 1 unspecified atom stereocenters. The maximum absolute atomic E-state index is 13.0. The molecule has 0 saturated carbocycles. The number of fused-ring (bicyclic) bond motifs is 2. The van der Waals surface area contributed by atoms with Crippen molar-refractivity contribution in [1.29, 1.82) is 0 Å². The van der Waals surface area contributed by atoms with E-state index in [0.717, 1.165) is 5.56 Å². The molecule has 118 valence electrons. The highest BCUT2D eigenvalue weighted by atomic mass is 16.5. The highest BCUT2D eigenvalue weighted by Crippen LogP contribution is 2.46. The molecule has 0 fully saturated rings. The average Bonchev–Trinajstić information content (AvgIpc) is 2.66. The molecular weight excluding hydrogens is 300 g/mol. The molecule has 0 aliphatic heterocycles. The molecule has 1 N–H and O–H groups in total. The Hall–Kier alpha value is -2.91. The summed E-state index contributed by atoms with van der Waals surface area (Å²) in [5.74, 6) is 0.347. The summed E-state index contributed by atoms with van der Waals surface area (Å²) in [7, 11) is 1.53. The number of methoxy groups -OCH3 is 1. The maximum atomic E-state index is 13.0. The van der Waals surface area contributed by atoms with E-state index in [1.54, 1.807) is 24.3 Å². The van der Waals surface area contributed by atoms with Gasteiger partial charge in [-0.3, -0.25) is 4.79 Å². The van der Waals surface area contributed by atoms with Crippen LogP contribution in [-0.4, -0.2) is 18.0 Å². The molecular formula is C21H16O3. The number of hydrogen-bond acceptors (Lipinski definition) is 3. The summed E-state index contributed by atoms with van der Waals surface area (Å²) in [4.78, 5) is 13.0.